The standard InChI is InChI=1S/C23H33NO3/c1-3-5-6-7-8-15-23(18-24)16-13-21(14-17-23)27-22(25)19-9-11-20(12-10-19)26-4-2/h9-12,21H,3-8,13-17H2,1-2H3/t21-,23-. The van der Waals surface area contributed by atoms with Crippen LogP contribution in [0, 0.1) is 16.7 Å². The van der Waals surface area contributed by atoms with Crippen molar-refractivity contribution in [2.75, 3.05) is 6.61 Å². The predicted octanol–water partition coefficient (Wildman–Crippen LogP) is 6.06. The first-order chi connectivity index (χ1) is 13.1. The van der Waals surface area contributed by atoms with E-state index >= 15 is 0 Å². The van der Waals surface area contributed by atoms with Crippen molar-refractivity contribution in [2.45, 2.75) is 84.2 Å². The minimum Gasteiger partial charge on any atom is -0.494 e. The van der Waals surface area contributed by atoms with Gasteiger partial charge in [-0.15, -0.1) is 0 Å². The highest BCUT2D eigenvalue weighted by molar-refractivity contribution is 5.89. The highest BCUT2D eigenvalue weighted by Gasteiger charge is 2.36. The zero-order valence-electron chi connectivity index (χ0n) is 16.8. The van der Waals surface area contributed by atoms with Gasteiger partial charge in [-0.2, -0.15) is 5.26 Å². The van der Waals surface area contributed by atoms with Crippen molar-refractivity contribution in [3.63, 3.8) is 0 Å². The average Bonchev–Trinajstić information content (AvgIpc) is 2.70. The number of ether oxygens (including phenoxy) is 2. The molecule has 0 unspecified atom stereocenters. The summed E-state index contributed by atoms with van der Waals surface area (Å²) in [6.07, 6.45) is 10.3. The molecule has 0 N–H and O–H groups in total. The van der Waals surface area contributed by atoms with E-state index < -0.39 is 0 Å². The van der Waals surface area contributed by atoms with Crippen molar-refractivity contribution < 1.29 is 14.3 Å². The number of nitriles is 1. The molecular weight excluding hydrogens is 338 g/mol. The fourth-order valence-electron chi connectivity index (χ4n) is 3.82. The van der Waals surface area contributed by atoms with E-state index in [2.05, 4.69) is 13.0 Å². The van der Waals surface area contributed by atoms with Gasteiger partial charge >= 0.3 is 5.97 Å². The summed E-state index contributed by atoms with van der Waals surface area (Å²) in [4.78, 5) is 12.4. The molecule has 1 aromatic carbocycles. The van der Waals surface area contributed by atoms with Crippen LogP contribution < -0.4 is 4.74 Å². The molecule has 0 radical (unpaired) electrons. The molecule has 1 aliphatic carbocycles. The first kappa shape index (κ1) is 21.3. The van der Waals surface area contributed by atoms with Crippen molar-refractivity contribution in [2.24, 2.45) is 5.41 Å². The van der Waals surface area contributed by atoms with Gasteiger partial charge in [-0.1, -0.05) is 39.0 Å². The Morgan fingerprint density at radius 1 is 1.11 bits per heavy atom. The molecule has 0 bridgehead atoms. The second-order valence-corrected chi connectivity index (χ2v) is 7.62. The summed E-state index contributed by atoms with van der Waals surface area (Å²) in [6, 6.07) is 9.65. The van der Waals surface area contributed by atoms with Gasteiger partial charge in [0.15, 0.2) is 0 Å². The first-order valence-corrected chi connectivity index (χ1v) is 10.5. The van der Waals surface area contributed by atoms with Gasteiger partial charge in [0.1, 0.15) is 11.9 Å². The van der Waals surface area contributed by atoms with Gasteiger partial charge in [-0.3, -0.25) is 0 Å². The Hall–Kier alpha value is -2.02. The third-order valence-electron chi connectivity index (χ3n) is 5.56. The number of hydrogen-bond donors (Lipinski definition) is 0. The Morgan fingerprint density at radius 3 is 2.37 bits per heavy atom. The fourth-order valence-corrected chi connectivity index (χ4v) is 3.82. The molecule has 0 amide bonds. The maximum Gasteiger partial charge on any atom is 0.338 e. The Morgan fingerprint density at radius 2 is 1.78 bits per heavy atom. The largest absolute Gasteiger partial charge is 0.494 e. The number of unbranched alkanes of at least 4 members (excludes halogenated alkanes) is 4. The number of hydrogen-bond acceptors (Lipinski definition) is 4. The predicted molar refractivity (Wildman–Crippen MR) is 107 cm³/mol. The third-order valence-corrected chi connectivity index (χ3v) is 5.56. The molecule has 1 fully saturated rings. The quantitative estimate of drug-likeness (QED) is 0.371. The molecule has 2 rings (SSSR count). The maximum absolute atomic E-state index is 12.4. The van der Waals surface area contributed by atoms with Crippen LogP contribution in [-0.4, -0.2) is 18.7 Å². The van der Waals surface area contributed by atoms with Gasteiger partial charge < -0.3 is 9.47 Å². The number of benzene rings is 1. The molecule has 4 heteroatoms. The van der Waals surface area contributed by atoms with Crippen LogP contribution in [0.4, 0.5) is 0 Å². The minimum absolute atomic E-state index is 0.0781. The number of esters is 1. The summed E-state index contributed by atoms with van der Waals surface area (Å²) in [5, 5.41) is 9.69. The third kappa shape index (κ3) is 6.57. The number of rotatable bonds is 10. The highest BCUT2D eigenvalue weighted by Crippen LogP contribution is 2.41. The van der Waals surface area contributed by atoms with Crippen LogP contribution in [0.3, 0.4) is 0 Å². The van der Waals surface area contributed by atoms with Crippen molar-refractivity contribution >= 4 is 5.97 Å². The molecule has 0 aromatic heterocycles. The van der Waals surface area contributed by atoms with E-state index in [1.54, 1.807) is 24.3 Å². The van der Waals surface area contributed by atoms with Crippen molar-refractivity contribution in [1.29, 1.82) is 5.26 Å². The van der Waals surface area contributed by atoms with E-state index in [1.165, 1.54) is 25.7 Å². The highest BCUT2D eigenvalue weighted by atomic mass is 16.5. The van der Waals surface area contributed by atoms with Crippen LogP contribution in [0.25, 0.3) is 0 Å². The lowest BCUT2D eigenvalue weighted by atomic mass is 9.71. The monoisotopic (exact) mass is 371 g/mol. The Labute approximate surface area is 163 Å². The summed E-state index contributed by atoms with van der Waals surface area (Å²) in [6.45, 7) is 4.75. The van der Waals surface area contributed by atoms with Crippen molar-refractivity contribution in [1.82, 2.24) is 0 Å². The van der Waals surface area contributed by atoms with E-state index in [1.807, 2.05) is 6.92 Å². The van der Waals surface area contributed by atoms with Gasteiger partial charge in [-0.25, -0.2) is 4.79 Å². The summed E-state index contributed by atoms with van der Waals surface area (Å²) < 4.78 is 11.1. The Bertz CT molecular complexity index is 610. The number of carbonyl (C=O) groups excluding carboxylic acids is 1. The van der Waals surface area contributed by atoms with Gasteiger partial charge in [0.2, 0.25) is 0 Å². The Balaban J connectivity index is 1.78. The van der Waals surface area contributed by atoms with Crippen LogP contribution in [0.5, 0.6) is 5.75 Å². The molecule has 1 aromatic rings. The summed E-state index contributed by atoms with van der Waals surface area (Å²) in [5.74, 6) is 0.469. The molecule has 4 nitrogen and oxygen atoms in total. The van der Waals surface area contributed by atoms with Crippen LogP contribution in [-0.2, 0) is 4.74 Å². The van der Waals surface area contributed by atoms with Crippen molar-refractivity contribution in [3.05, 3.63) is 29.8 Å². The van der Waals surface area contributed by atoms with Gasteiger partial charge in [0.25, 0.3) is 0 Å². The van der Waals surface area contributed by atoms with Crippen LogP contribution in [0.2, 0.25) is 0 Å². The van der Waals surface area contributed by atoms with E-state index in [0.717, 1.165) is 44.3 Å². The molecule has 0 spiro atoms. The summed E-state index contributed by atoms with van der Waals surface area (Å²) in [5.41, 5.74) is 0.334. The maximum atomic E-state index is 12.4. The zero-order valence-corrected chi connectivity index (χ0v) is 16.8. The SMILES string of the molecule is CCCCCCC[C@]1(C#N)CC[C@H](OC(=O)c2ccc(OCC)cc2)CC1. The number of nitrogens with zero attached hydrogens (tertiary/aromatic N) is 1. The van der Waals surface area contributed by atoms with E-state index in [0.29, 0.717) is 12.2 Å². The van der Waals surface area contributed by atoms with Gasteiger partial charge in [0.05, 0.1) is 23.7 Å². The van der Waals surface area contributed by atoms with Crippen LogP contribution in [0.15, 0.2) is 24.3 Å². The lowest BCUT2D eigenvalue weighted by molar-refractivity contribution is 0.0105. The summed E-state index contributed by atoms with van der Waals surface area (Å²) in [7, 11) is 0. The molecule has 0 atom stereocenters. The van der Waals surface area contributed by atoms with Gasteiger partial charge in [-0.05, 0) is 63.3 Å². The topological polar surface area (TPSA) is 59.3 Å². The zero-order chi connectivity index (χ0) is 19.5. The smallest absolute Gasteiger partial charge is 0.338 e. The normalized spacial score (nSPS) is 22.0. The second kappa shape index (κ2) is 11.0. The van der Waals surface area contributed by atoms with Gasteiger partial charge in [0, 0.05) is 0 Å². The number of carbonyl (C=O) groups is 1. The lowest BCUT2D eigenvalue weighted by Gasteiger charge is -2.34. The first-order valence-electron chi connectivity index (χ1n) is 10.5. The average molecular weight is 372 g/mol. The molecular formula is C23H33NO3. The van der Waals surface area contributed by atoms with E-state index in [-0.39, 0.29) is 17.5 Å². The van der Waals surface area contributed by atoms with Crippen LogP contribution in [0.1, 0.15) is 88.4 Å². The minimum atomic E-state index is -0.285. The molecule has 1 saturated carbocycles. The molecule has 0 aliphatic heterocycles. The molecule has 0 heterocycles. The Kier molecular flexibility index (Phi) is 8.64. The van der Waals surface area contributed by atoms with Crippen molar-refractivity contribution in [3.8, 4) is 11.8 Å². The summed E-state index contributed by atoms with van der Waals surface area (Å²) >= 11 is 0. The fraction of sp³-hybridized carbons (Fsp3) is 0.652. The van der Waals surface area contributed by atoms with E-state index in [4.69, 9.17) is 9.47 Å². The van der Waals surface area contributed by atoms with Crippen LogP contribution >= 0.6 is 0 Å². The second-order valence-electron chi connectivity index (χ2n) is 7.62. The molecule has 148 valence electrons. The van der Waals surface area contributed by atoms with E-state index in [9.17, 15) is 10.1 Å². The molecule has 0 saturated heterocycles. The lowest BCUT2D eigenvalue weighted by Crippen LogP contribution is -2.31. The molecule has 1 aliphatic rings. The molecule has 27 heavy (non-hydrogen) atoms.